The molecular formula is C32H42N4O6S. The first-order valence-corrected chi connectivity index (χ1v) is 14.6. The molecule has 2 aromatic carbocycles. The third-order valence-corrected chi connectivity index (χ3v) is 6.27. The Balaban J connectivity index is 2.53. The minimum Gasteiger partial charge on any atom is -0.458 e. The standard InChI is InChI=1S/C32H42N4O6S/c1-21-12-11-15-23(18-21)26(36(17-16-33)28(38)25(20-43)35-30(40)42-32(5,6)7)27(37)34-24(29(39)41-31(2,3)4)19-22-13-9-8-10-14-22/h8-15,18,24-26,43H,17,19-20H2,1-7H3,(H,34,37)(H,35,40). The number of alkyl carbamates (subject to hydrolysis) is 1. The summed E-state index contributed by atoms with van der Waals surface area (Å²) in [6, 6.07) is 14.4. The normalized spacial score (nSPS) is 13.5. The second-order valence-corrected chi connectivity index (χ2v) is 12.5. The van der Waals surface area contributed by atoms with E-state index in [-0.39, 0.29) is 12.2 Å². The number of esters is 1. The fourth-order valence-corrected chi connectivity index (χ4v) is 4.44. The van der Waals surface area contributed by atoms with Crippen LogP contribution < -0.4 is 10.6 Å². The lowest BCUT2D eigenvalue weighted by atomic mass is 9.99. The van der Waals surface area contributed by atoms with Crippen LogP contribution in [0.25, 0.3) is 0 Å². The molecule has 0 heterocycles. The fraction of sp³-hybridized carbons (Fsp3) is 0.469. The van der Waals surface area contributed by atoms with Crippen molar-refractivity contribution >= 4 is 36.5 Å². The number of aryl methyl sites for hydroxylation is 1. The second kappa shape index (κ2) is 15.4. The van der Waals surface area contributed by atoms with Crippen LogP contribution in [0.2, 0.25) is 0 Å². The number of nitrogens with one attached hydrogen (secondary N) is 2. The van der Waals surface area contributed by atoms with E-state index in [1.54, 1.807) is 59.7 Å². The first kappa shape index (κ1) is 35.2. The summed E-state index contributed by atoms with van der Waals surface area (Å²) in [7, 11) is 0. The zero-order chi connectivity index (χ0) is 32.4. The van der Waals surface area contributed by atoms with Crippen molar-refractivity contribution in [2.75, 3.05) is 12.3 Å². The number of ether oxygens (including phenoxy) is 2. The van der Waals surface area contributed by atoms with Gasteiger partial charge in [0.1, 0.15) is 35.9 Å². The van der Waals surface area contributed by atoms with Crippen LogP contribution in [0.15, 0.2) is 54.6 Å². The quantitative estimate of drug-likeness (QED) is 0.196. The van der Waals surface area contributed by atoms with Gasteiger partial charge in [0, 0.05) is 12.2 Å². The number of hydrogen-bond acceptors (Lipinski definition) is 8. The summed E-state index contributed by atoms with van der Waals surface area (Å²) in [6.07, 6.45) is -0.713. The molecule has 11 heteroatoms. The molecule has 3 atom stereocenters. The summed E-state index contributed by atoms with van der Waals surface area (Å²) >= 11 is 4.24. The molecule has 3 amide bonds. The number of carbonyl (C=O) groups is 4. The van der Waals surface area contributed by atoms with Crippen molar-refractivity contribution in [3.05, 3.63) is 71.3 Å². The number of benzene rings is 2. The average molecular weight is 611 g/mol. The van der Waals surface area contributed by atoms with Crippen LogP contribution in [0, 0.1) is 18.3 Å². The maximum Gasteiger partial charge on any atom is 0.408 e. The summed E-state index contributed by atoms with van der Waals surface area (Å²) in [6.45, 7) is 11.6. The molecule has 0 saturated carbocycles. The molecule has 0 aliphatic heterocycles. The predicted molar refractivity (Wildman–Crippen MR) is 166 cm³/mol. The van der Waals surface area contributed by atoms with E-state index in [0.29, 0.717) is 5.56 Å². The van der Waals surface area contributed by atoms with Crippen LogP contribution in [0.3, 0.4) is 0 Å². The van der Waals surface area contributed by atoms with Gasteiger partial charge in [-0.1, -0.05) is 60.2 Å². The minimum atomic E-state index is -1.32. The lowest BCUT2D eigenvalue weighted by Crippen LogP contribution is -2.55. The molecule has 2 aromatic rings. The van der Waals surface area contributed by atoms with Crippen LogP contribution in [-0.4, -0.2) is 64.4 Å². The van der Waals surface area contributed by atoms with E-state index in [2.05, 4.69) is 23.3 Å². The molecule has 2 N–H and O–H groups in total. The average Bonchev–Trinajstić information content (AvgIpc) is 2.89. The summed E-state index contributed by atoms with van der Waals surface area (Å²) in [5.41, 5.74) is 0.375. The van der Waals surface area contributed by atoms with E-state index in [9.17, 15) is 24.4 Å². The molecular weight excluding hydrogens is 568 g/mol. The van der Waals surface area contributed by atoms with E-state index in [4.69, 9.17) is 9.47 Å². The Morgan fingerprint density at radius 2 is 1.53 bits per heavy atom. The predicted octanol–water partition coefficient (Wildman–Crippen LogP) is 4.28. The van der Waals surface area contributed by atoms with Crippen LogP contribution >= 0.6 is 12.6 Å². The van der Waals surface area contributed by atoms with Gasteiger partial charge in [0.2, 0.25) is 11.8 Å². The largest absolute Gasteiger partial charge is 0.458 e. The molecule has 232 valence electrons. The zero-order valence-corrected chi connectivity index (χ0v) is 26.7. The van der Waals surface area contributed by atoms with Crippen molar-refractivity contribution in [1.29, 1.82) is 5.26 Å². The monoisotopic (exact) mass is 610 g/mol. The van der Waals surface area contributed by atoms with E-state index in [1.165, 1.54) is 0 Å². The lowest BCUT2D eigenvalue weighted by molar-refractivity contribution is -0.159. The highest BCUT2D eigenvalue weighted by molar-refractivity contribution is 7.80. The van der Waals surface area contributed by atoms with Crippen LogP contribution in [-0.2, 0) is 30.3 Å². The molecule has 43 heavy (non-hydrogen) atoms. The van der Waals surface area contributed by atoms with Crippen LogP contribution in [0.4, 0.5) is 4.79 Å². The van der Waals surface area contributed by atoms with Crippen molar-refractivity contribution in [1.82, 2.24) is 15.5 Å². The van der Waals surface area contributed by atoms with Gasteiger partial charge in [0.05, 0.1) is 6.07 Å². The first-order valence-electron chi connectivity index (χ1n) is 14.0. The minimum absolute atomic E-state index is 0.128. The third kappa shape index (κ3) is 11.6. The van der Waals surface area contributed by atoms with Gasteiger partial charge in [-0.25, -0.2) is 9.59 Å². The first-order chi connectivity index (χ1) is 20.0. The van der Waals surface area contributed by atoms with Crippen molar-refractivity contribution < 1.29 is 28.7 Å². The van der Waals surface area contributed by atoms with Gasteiger partial charge < -0.3 is 25.0 Å². The van der Waals surface area contributed by atoms with Gasteiger partial charge in [-0.2, -0.15) is 17.9 Å². The Bertz CT molecular complexity index is 1310. The number of nitrogens with zero attached hydrogens (tertiary/aromatic N) is 2. The number of nitriles is 1. The van der Waals surface area contributed by atoms with Gasteiger partial charge in [-0.3, -0.25) is 9.59 Å². The van der Waals surface area contributed by atoms with Crippen molar-refractivity contribution in [2.45, 2.75) is 84.2 Å². The fourth-order valence-electron chi connectivity index (χ4n) is 4.19. The van der Waals surface area contributed by atoms with Crippen LogP contribution in [0.5, 0.6) is 0 Å². The smallest absolute Gasteiger partial charge is 0.408 e. The maximum atomic E-state index is 14.1. The Labute approximate surface area is 259 Å². The number of rotatable bonds is 11. The molecule has 2 rings (SSSR count). The molecule has 0 bridgehead atoms. The summed E-state index contributed by atoms with van der Waals surface area (Å²) in [5, 5.41) is 15.0. The summed E-state index contributed by atoms with van der Waals surface area (Å²) < 4.78 is 10.9. The van der Waals surface area contributed by atoms with Gasteiger partial charge in [-0.15, -0.1) is 0 Å². The van der Waals surface area contributed by atoms with Crippen LogP contribution in [0.1, 0.15) is 64.3 Å². The second-order valence-electron chi connectivity index (χ2n) is 12.1. The Kier molecular flexibility index (Phi) is 12.6. The number of thiol groups is 1. The summed E-state index contributed by atoms with van der Waals surface area (Å²) in [5.74, 6) is -2.20. The van der Waals surface area contributed by atoms with Crippen molar-refractivity contribution in [2.24, 2.45) is 0 Å². The maximum absolute atomic E-state index is 14.1. The van der Waals surface area contributed by atoms with Gasteiger partial charge in [0.25, 0.3) is 0 Å². The molecule has 10 nitrogen and oxygen atoms in total. The van der Waals surface area contributed by atoms with Gasteiger partial charge >= 0.3 is 12.1 Å². The zero-order valence-electron chi connectivity index (χ0n) is 25.8. The number of hydrogen-bond donors (Lipinski definition) is 3. The number of carbonyl (C=O) groups excluding carboxylic acids is 4. The molecule has 0 aliphatic rings. The van der Waals surface area contributed by atoms with E-state index < -0.39 is 59.7 Å². The molecule has 0 aliphatic carbocycles. The van der Waals surface area contributed by atoms with Gasteiger partial charge in [0.15, 0.2) is 0 Å². The molecule has 0 saturated heterocycles. The third-order valence-electron chi connectivity index (χ3n) is 5.90. The molecule has 0 radical (unpaired) electrons. The highest BCUT2D eigenvalue weighted by atomic mass is 32.1. The highest BCUT2D eigenvalue weighted by Gasteiger charge is 2.38. The topological polar surface area (TPSA) is 138 Å². The Morgan fingerprint density at radius 3 is 2.07 bits per heavy atom. The lowest BCUT2D eigenvalue weighted by Gasteiger charge is -2.33. The van der Waals surface area contributed by atoms with E-state index in [1.807, 2.05) is 49.4 Å². The van der Waals surface area contributed by atoms with Crippen molar-refractivity contribution in [3.63, 3.8) is 0 Å². The summed E-state index contributed by atoms with van der Waals surface area (Å²) in [4.78, 5) is 54.8. The van der Waals surface area contributed by atoms with Gasteiger partial charge in [-0.05, 0) is 59.6 Å². The Hall–Kier alpha value is -4.04. The molecule has 0 spiro atoms. The Morgan fingerprint density at radius 1 is 0.907 bits per heavy atom. The molecule has 0 fully saturated rings. The number of amides is 3. The van der Waals surface area contributed by atoms with E-state index >= 15 is 0 Å². The molecule has 3 unspecified atom stereocenters. The SMILES string of the molecule is Cc1cccc(C(C(=O)NC(Cc2ccccc2)C(=O)OC(C)(C)C)N(CC#N)C(=O)C(CS)NC(=O)OC(C)(C)C)c1. The van der Waals surface area contributed by atoms with E-state index in [0.717, 1.165) is 16.0 Å². The van der Waals surface area contributed by atoms with Crippen molar-refractivity contribution in [3.8, 4) is 6.07 Å². The highest BCUT2D eigenvalue weighted by Crippen LogP contribution is 2.24. The molecule has 0 aromatic heterocycles.